The van der Waals surface area contributed by atoms with Crippen molar-refractivity contribution in [3.8, 4) is 0 Å². The molecular weight excluding hydrogens is 356 g/mol. The van der Waals surface area contributed by atoms with Gasteiger partial charge in [0.05, 0.1) is 0 Å². The zero-order valence-electron chi connectivity index (χ0n) is 15.1. The number of benzene rings is 1. The maximum absolute atomic E-state index is 12.3. The highest BCUT2D eigenvalue weighted by Gasteiger charge is 2.22. The summed E-state index contributed by atoms with van der Waals surface area (Å²) in [4.78, 5) is 35.5. The molecule has 6 nitrogen and oxygen atoms in total. The number of aliphatic carboxylic acids is 1. The molecule has 7 heteroatoms. The van der Waals surface area contributed by atoms with Gasteiger partial charge < -0.3 is 15.7 Å². The Kier molecular flexibility index (Phi) is 10.4. The summed E-state index contributed by atoms with van der Waals surface area (Å²) in [6.07, 6.45) is 5.17. The molecule has 1 rings (SSSR count). The molecule has 26 heavy (non-hydrogen) atoms. The van der Waals surface area contributed by atoms with E-state index < -0.39 is 17.9 Å². The van der Waals surface area contributed by atoms with Gasteiger partial charge in [0.2, 0.25) is 5.91 Å². The van der Waals surface area contributed by atoms with Crippen molar-refractivity contribution in [2.24, 2.45) is 0 Å². The lowest BCUT2D eigenvalue weighted by Crippen LogP contribution is -2.47. The second kappa shape index (κ2) is 12.3. The molecule has 0 radical (unpaired) electrons. The van der Waals surface area contributed by atoms with Crippen molar-refractivity contribution >= 4 is 29.4 Å². The molecule has 1 aromatic carbocycles. The minimum Gasteiger partial charge on any atom is -0.481 e. The Hall–Kier alpha value is -2.08. The second-order valence-corrected chi connectivity index (χ2v) is 6.61. The average Bonchev–Trinajstić information content (AvgIpc) is 2.61. The number of hydrogen-bond donors (Lipinski definition) is 3. The quantitative estimate of drug-likeness (QED) is 0.483. The lowest BCUT2D eigenvalue weighted by atomic mass is 10.1. The topological polar surface area (TPSA) is 95.5 Å². The summed E-state index contributed by atoms with van der Waals surface area (Å²) in [5.74, 6) is -1.84. The van der Waals surface area contributed by atoms with Crippen LogP contribution in [0.5, 0.6) is 0 Å². The monoisotopic (exact) mass is 382 g/mol. The van der Waals surface area contributed by atoms with Crippen molar-refractivity contribution in [2.45, 2.75) is 57.9 Å². The van der Waals surface area contributed by atoms with E-state index >= 15 is 0 Å². The van der Waals surface area contributed by atoms with Crippen molar-refractivity contribution in [2.75, 3.05) is 6.54 Å². The number of nitrogens with one attached hydrogen (secondary N) is 2. The minimum atomic E-state index is -1.01. The molecule has 144 valence electrons. The van der Waals surface area contributed by atoms with E-state index in [2.05, 4.69) is 17.6 Å². The van der Waals surface area contributed by atoms with Crippen LogP contribution in [0.3, 0.4) is 0 Å². The zero-order valence-corrected chi connectivity index (χ0v) is 15.8. The molecule has 0 unspecified atom stereocenters. The Labute approximate surface area is 159 Å². The molecule has 0 aliphatic heterocycles. The fraction of sp³-hybridized carbons (Fsp3) is 0.526. The van der Waals surface area contributed by atoms with Crippen LogP contribution in [0.15, 0.2) is 24.3 Å². The largest absolute Gasteiger partial charge is 0.481 e. The highest BCUT2D eigenvalue weighted by atomic mass is 35.5. The molecule has 0 fully saturated rings. The molecule has 1 aromatic rings. The Morgan fingerprint density at radius 3 is 2.54 bits per heavy atom. The van der Waals surface area contributed by atoms with Gasteiger partial charge in [0.25, 0.3) is 5.91 Å². The third kappa shape index (κ3) is 8.85. The van der Waals surface area contributed by atoms with Gasteiger partial charge in [-0.25, -0.2) is 0 Å². The molecule has 0 spiro atoms. The van der Waals surface area contributed by atoms with Gasteiger partial charge in [0.15, 0.2) is 0 Å². The average molecular weight is 383 g/mol. The number of unbranched alkanes of at least 4 members (excludes halogenated alkanes) is 4. The summed E-state index contributed by atoms with van der Waals surface area (Å²) in [6.45, 7) is 2.65. The number of rotatable bonds is 12. The molecule has 0 aromatic heterocycles. The van der Waals surface area contributed by atoms with Gasteiger partial charge in [-0.15, -0.1) is 0 Å². The van der Waals surface area contributed by atoms with Crippen LogP contribution in [-0.4, -0.2) is 35.5 Å². The van der Waals surface area contributed by atoms with E-state index in [-0.39, 0.29) is 18.7 Å². The molecule has 0 saturated carbocycles. The highest BCUT2D eigenvalue weighted by molar-refractivity contribution is 6.31. The maximum atomic E-state index is 12.3. The molecule has 0 bridgehead atoms. The molecule has 0 aliphatic rings. The van der Waals surface area contributed by atoms with Crippen LogP contribution in [0.25, 0.3) is 0 Å². The van der Waals surface area contributed by atoms with Gasteiger partial charge >= 0.3 is 5.97 Å². The van der Waals surface area contributed by atoms with Crippen LogP contribution in [0, 0.1) is 0 Å². The number of carboxylic acids is 1. The standard InChI is InChI=1S/C19H27ClN2O4/c1-2-3-4-5-6-12-21-19(26)16(10-11-17(23)24)22-18(25)14-8-7-9-15(20)13-14/h7-9,13,16H,2-6,10-12H2,1H3,(H,21,26)(H,22,25)(H,23,24)/t16-/m1/s1. The summed E-state index contributed by atoms with van der Waals surface area (Å²) in [6, 6.07) is 5.47. The molecule has 0 saturated heterocycles. The molecule has 3 N–H and O–H groups in total. The first kappa shape index (κ1) is 22.0. The number of halogens is 1. The number of hydrogen-bond acceptors (Lipinski definition) is 3. The lowest BCUT2D eigenvalue weighted by molar-refractivity contribution is -0.137. The van der Waals surface area contributed by atoms with E-state index in [0.29, 0.717) is 17.1 Å². The Bertz CT molecular complexity index is 607. The van der Waals surface area contributed by atoms with Crippen LogP contribution in [-0.2, 0) is 9.59 Å². The van der Waals surface area contributed by atoms with Gasteiger partial charge in [-0.1, -0.05) is 50.3 Å². The predicted molar refractivity (Wildman–Crippen MR) is 101 cm³/mol. The fourth-order valence-electron chi connectivity index (χ4n) is 2.47. The molecular formula is C19H27ClN2O4. The molecule has 2 amide bonds. The lowest BCUT2D eigenvalue weighted by Gasteiger charge is -2.18. The first-order valence-electron chi connectivity index (χ1n) is 9.00. The number of carbonyl (C=O) groups is 3. The Morgan fingerprint density at radius 2 is 1.88 bits per heavy atom. The van der Waals surface area contributed by atoms with Crippen molar-refractivity contribution in [3.63, 3.8) is 0 Å². The summed E-state index contributed by atoms with van der Waals surface area (Å²) in [5.41, 5.74) is 0.324. The number of carboxylic acid groups (broad SMARTS) is 1. The van der Waals surface area contributed by atoms with Crippen molar-refractivity contribution < 1.29 is 19.5 Å². The summed E-state index contributed by atoms with van der Waals surface area (Å²) < 4.78 is 0. The van der Waals surface area contributed by atoms with E-state index in [1.54, 1.807) is 18.2 Å². The predicted octanol–water partition coefficient (Wildman–Crippen LogP) is 3.39. The maximum Gasteiger partial charge on any atom is 0.303 e. The SMILES string of the molecule is CCCCCCCNC(=O)[C@@H](CCC(=O)O)NC(=O)c1cccc(Cl)c1. The van der Waals surface area contributed by atoms with Crippen LogP contribution < -0.4 is 10.6 Å². The minimum absolute atomic E-state index is 0.0311. The van der Waals surface area contributed by atoms with E-state index in [9.17, 15) is 14.4 Å². The van der Waals surface area contributed by atoms with Gasteiger partial charge in [0, 0.05) is 23.6 Å². The fourth-order valence-corrected chi connectivity index (χ4v) is 2.66. The van der Waals surface area contributed by atoms with Crippen molar-refractivity contribution in [1.82, 2.24) is 10.6 Å². The van der Waals surface area contributed by atoms with Crippen LogP contribution >= 0.6 is 11.6 Å². The zero-order chi connectivity index (χ0) is 19.4. The van der Waals surface area contributed by atoms with Gasteiger partial charge in [-0.2, -0.15) is 0 Å². The Balaban J connectivity index is 2.58. The van der Waals surface area contributed by atoms with E-state index in [1.165, 1.54) is 12.5 Å². The second-order valence-electron chi connectivity index (χ2n) is 6.17. The normalized spacial score (nSPS) is 11.6. The molecule has 1 atom stereocenters. The first-order chi connectivity index (χ1) is 12.4. The molecule has 0 heterocycles. The number of amides is 2. The van der Waals surface area contributed by atoms with Crippen molar-refractivity contribution in [1.29, 1.82) is 0 Å². The summed E-state index contributed by atoms with van der Waals surface area (Å²) in [5, 5.41) is 14.7. The number of carbonyl (C=O) groups excluding carboxylic acids is 2. The van der Waals surface area contributed by atoms with Gasteiger partial charge in [0.1, 0.15) is 6.04 Å². The highest BCUT2D eigenvalue weighted by Crippen LogP contribution is 2.11. The van der Waals surface area contributed by atoms with E-state index in [0.717, 1.165) is 25.7 Å². The van der Waals surface area contributed by atoms with E-state index in [1.807, 2.05) is 0 Å². The van der Waals surface area contributed by atoms with Crippen molar-refractivity contribution in [3.05, 3.63) is 34.9 Å². The van der Waals surface area contributed by atoms with E-state index in [4.69, 9.17) is 16.7 Å². The third-order valence-corrected chi connectivity index (χ3v) is 4.17. The molecule has 0 aliphatic carbocycles. The van der Waals surface area contributed by atoms with Gasteiger partial charge in [-0.05, 0) is 31.0 Å². The summed E-state index contributed by atoms with van der Waals surface area (Å²) >= 11 is 5.87. The van der Waals surface area contributed by atoms with Crippen LogP contribution in [0.2, 0.25) is 5.02 Å². The van der Waals surface area contributed by atoms with Crippen LogP contribution in [0.1, 0.15) is 62.2 Å². The Morgan fingerprint density at radius 1 is 1.15 bits per heavy atom. The smallest absolute Gasteiger partial charge is 0.303 e. The third-order valence-electron chi connectivity index (χ3n) is 3.94. The van der Waals surface area contributed by atoms with Crippen LogP contribution in [0.4, 0.5) is 0 Å². The summed E-state index contributed by atoms with van der Waals surface area (Å²) in [7, 11) is 0. The first-order valence-corrected chi connectivity index (χ1v) is 9.37. The van der Waals surface area contributed by atoms with Gasteiger partial charge in [-0.3, -0.25) is 14.4 Å².